The number of hydrogen-bond acceptors (Lipinski definition) is 3. The molecule has 94 valence electrons. The van der Waals surface area contributed by atoms with Gasteiger partial charge in [-0.1, -0.05) is 0 Å². The minimum absolute atomic E-state index is 0.201. The van der Waals surface area contributed by atoms with E-state index in [0.29, 0.717) is 6.42 Å². The first-order chi connectivity index (χ1) is 7.70. The molecular weight excluding hydrogens is 202 g/mol. The zero-order valence-electron chi connectivity index (χ0n) is 10.7. The molecule has 1 aliphatic rings. The lowest BCUT2D eigenvalue weighted by Gasteiger charge is -2.14. The first-order valence-electron chi connectivity index (χ1n) is 6.33. The van der Waals surface area contributed by atoms with Crippen LogP contribution in [0.3, 0.4) is 0 Å². The molecule has 1 amide bonds. The van der Waals surface area contributed by atoms with Crippen molar-refractivity contribution in [2.75, 3.05) is 46.8 Å². The van der Waals surface area contributed by atoms with Gasteiger partial charge in [0.2, 0.25) is 5.91 Å². The molecule has 0 aromatic rings. The highest BCUT2D eigenvalue weighted by Gasteiger charge is 2.09. The van der Waals surface area contributed by atoms with Crippen molar-refractivity contribution in [3.05, 3.63) is 0 Å². The van der Waals surface area contributed by atoms with Crippen LogP contribution in [0.5, 0.6) is 0 Å². The van der Waals surface area contributed by atoms with Crippen molar-refractivity contribution in [1.29, 1.82) is 0 Å². The molecule has 1 heterocycles. The lowest BCUT2D eigenvalue weighted by Crippen LogP contribution is -2.29. The molecule has 1 N–H and O–H groups in total. The molecule has 0 aliphatic carbocycles. The number of hydrogen-bond donors (Lipinski definition) is 1. The van der Waals surface area contributed by atoms with Gasteiger partial charge < -0.3 is 15.1 Å². The number of likely N-dealkylation sites (tertiary alicyclic amines) is 1. The van der Waals surface area contributed by atoms with E-state index >= 15 is 0 Å². The Kier molecular flexibility index (Phi) is 6.42. The average molecular weight is 227 g/mol. The second-order valence-corrected chi connectivity index (χ2v) is 4.69. The van der Waals surface area contributed by atoms with E-state index in [1.807, 2.05) is 0 Å². The molecule has 16 heavy (non-hydrogen) atoms. The number of amides is 1. The number of rotatable bonds is 7. The van der Waals surface area contributed by atoms with Gasteiger partial charge in [-0.3, -0.25) is 4.79 Å². The monoisotopic (exact) mass is 227 g/mol. The highest BCUT2D eigenvalue weighted by Crippen LogP contribution is 2.06. The van der Waals surface area contributed by atoms with E-state index in [0.717, 1.165) is 13.1 Å². The van der Waals surface area contributed by atoms with Gasteiger partial charge in [-0.15, -0.1) is 0 Å². The summed E-state index contributed by atoms with van der Waals surface area (Å²) in [6.07, 6.45) is 4.53. The molecule has 0 atom stereocenters. The average Bonchev–Trinajstić information content (AvgIpc) is 2.75. The summed E-state index contributed by atoms with van der Waals surface area (Å²) in [6, 6.07) is 0. The molecule has 0 spiro atoms. The summed E-state index contributed by atoms with van der Waals surface area (Å²) in [5.74, 6) is 0.201. The lowest BCUT2D eigenvalue weighted by molar-refractivity contribution is -0.128. The van der Waals surface area contributed by atoms with Crippen LogP contribution < -0.4 is 5.32 Å². The van der Waals surface area contributed by atoms with E-state index in [2.05, 4.69) is 10.2 Å². The number of nitrogens with zero attached hydrogens (tertiary/aromatic N) is 2. The van der Waals surface area contributed by atoms with Crippen molar-refractivity contribution >= 4 is 5.91 Å². The zero-order valence-corrected chi connectivity index (χ0v) is 10.7. The van der Waals surface area contributed by atoms with Gasteiger partial charge in [0, 0.05) is 27.1 Å². The largest absolute Gasteiger partial charge is 0.349 e. The summed E-state index contributed by atoms with van der Waals surface area (Å²) in [5, 5.41) is 3.32. The summed E-state index contributed by atoms with van der Waals surface area (Å²) >= 11 is 0. The van der Waals surface area contributed by atoms with E-state index in [-0.39, 0.29) is 5.91 Å². The van der Waals surface area contributed by atoms with Gasteiger partial charge >= 0.3 is 0 Å². The first-order valence-corrected chi connectivity index (χ1v) is 6.33. The Morgan fingerprint density at radius 1 is 1.25 bits per heavy atom. The zero-order chi connectivity index (χ0) is 11.8. The van der Waals surface area contributed by atoms with Gasteiger partial charge in [0.05, 0.1) is 0 Å². The van der Waals surface area contributed by atoms with Crippen LogP contribution in [0.2, 0.25) is 0 Å². The number of carbonyl (C=O) groups is 1. The van der Waals surface area contributed by atoms with Crippen LogP contribution in [0.15, 0.2) is 0 Å². The van der Waals surface area contributed by atoms with Crippen molar-refractivity contribution in [2.45, 2.75) is 25.7 Å². The van der Waals surface area contributed by atoms with Crippen LogP contribution in [-0.2, 0) is 4.79 Å². The molecule has 0 aromatic carbocycles. The Bertz CT molecular complexity index is 200. The van der Waals surface area contributed by atoms with Crippen LogP contribution in [0.1, 0.15) is 25.7 Å². The van der Waals surface area contributed by atoms with E-state index in [4.69, 9.17) is 0 Å². The Hall–Kier alpha value is -0.610. The van der Waals surface area contributed by atoms with E-state index in [1.165, 1.54) is 38.9 Å². The van der Waals surface area contributed by atoms with Gasteiger partial charge in [-0.05, 0) is 45.4 Å². The Labute approximate surface area is 99.0 Å². The van der Waals surface area contributed by atoms with Crippen molar-refractivity contribution in [2.24, 2.45) is 0 Å². The summed E-state index contributed by atoms with van der Waals surface area (Å²) < 4.78 is 0. The fourth-order valence-electron chi connectivity index (χ4n) is 1.98. The SMILES string of the molecule is CN(C)C(=O)CCNCCCN1CCCC1. The molecule has 4 nitrogen and oxygen atoms in total. The second kappa shape index (κ2) is 7.63. The maximum atomic E-state index is 11.3. The normalized spacial score (nSPS) is 16.6. The minimum Gasteiger partial charge on any atom is -0.349 e. The predicted octanol–water partition coefficient (Wildman–Crippen LogP) is 0.540. The van der Waals surface area contributed by atoms with Gasteiger partial charge in [-0.2, -0.15) is 0 Å². The summed E-state index contributed by atoms with van der Waals surface area (Å²) in [5.41, 5.74) is 0. The van der Waals surface area contributed by atoms with Crippen molar-refractivity contribution in [3.63, 3.8) is 0 Å². The Morgan fingerprint density at radius 3 is 2.56 bits per heavy atom. The van der Waals surface area contributed by atoms with Crippen LogP contribution in [0.25, 0.3) is 0 Å². The fourth-order valence-corrected chi connectivity index (χ4v) is 1.98. The summed E-state index contributed by atoms with van der Waals surface area (Å²) in [6.45, 7) is 5.58. The second-order valence-electron chi connectivity index (χ2n) is 4.69. The fraction of sp³-hybridized carbons (Fsp3) is 0.917. The van der Waals surface area contributed by atoms with Crippen molar-refractivity contribution in [1.82, 2.24) is 15.1 Å². The first kappa shape index (κ1) is 13.5. The number of nitrogens with one attached hydrogen (secondary N) is 1. The Morgan fingerprint density at radius 2 is 1.94 bits per heavy atom. The molecule has 1 saturated heterocycles. The third-order valence-corrected chi connectivity index (χ3v) is 3.04. The molecule has 1 rings (SSSR count). The minimum atomic E-state index is 0.201. The molecule has 0 radical (unpaired) electrons. The smallest absolute Gasteiger partial charge is 0.223 e. The highest BCUT2D eigenvalue weighted by molar-refractivity contribution is 5.75. The van der Waals surface area contributed by atoms with Gasteiger partial charge in [0.25, 0.3) is 0 Å². The van der Waals surface area contributed by atoms with Gasteiger partial charge in [-0.25, -0.2) is 0 Å². The van der Waals surface area contributed by atoms with Crippen LogP contribution >= 0.6 is 0 Å². The molecule has 0 aromatic heterocycles. The maximum absolute atomic E-state index is 11.3. The molecular formula is C12H25N3O. The molecule has 0 unspecified atom stereocenters. The standard InChI is InChI=1S/C12H25N3O/c1-14(2)12(16)6-8-13-7-5-11-15-9-3-4-10-15/h13H,3-11H2,1-2H3. The Balaban J connectivity index is 1.86. The van der Waals surface area contributed by atoms with Gasteiger partial charge in [0.1, 0.15) is 0 Å². The summed E-state index contributed by atoms with van der Waals surface area (Å²) in [4.78, 5) is 15.4. The maximum Gasteiger partial charge on any atom is 0.223 e. The van der Waals surface area contributed by atoms with Crippen LogP contribution in [0.4, 0.5) is 0 Å². The van der Waals surface area contributed by atoms with Crippen molar-refractivity contribution in [3.8, 4) is 0 Å². The molecule has 4 heteroatoms. The molecule has 1 fully saturated rings. The molecule has 0 bridgehead atoms. The molecule has 0 saturated carbocycles. The lowest BCUT2D eigenvalue weighted by atomic mass is 10.3. The summed E-state index contributed by atoms with van der Waals surface area (Å²) in [7, 11) is 3.60. The van der Waals surface area contributed by atoms with E-state index in [9.17, 15) is 4.79 Å². The quantitative estimate of drug-likeness (QED) is 0.645. The predicted molar refractivity (Wildman–Crippen MR) is 66.5 cm³/mol. The van der Waals surface area contributed by atoms with Gasteiger partial charge in [0.15, 0.2) is 0 Å². The van der Waals surface area contributed by atoms with Crippen LogP contribution in [0, 0.1) is 0 Å². The highest BCUT2D eigenvalue weighted by atomic mass is 16.2. The third-order valence-electron chi connectivity index (χ3n) is 3.04. The van der Waals surface area contributed by atoms with E-state index in [1.54, 1.807) is 19.0 Å². The molecule has 1 aliphatic heterocycles. The topological polar surface area (TPSA) is 35.6 Å². The van der Waals surface area contributed by atoms with Crippen LogP contribution in [-0.4, -0.2) is 62.5 Å². The number of carbonyl (C=O) groups excluding carboxylic acids is 1. The third kappa shape index (κ3) is 5.47. The van der Waals surface area contributed by atoms with Crippen molar-refractivity contribution < 1.29 is 4.79 Å². The van der Waals surface area contributed by atoms with E-state index < -0.39 is 0 Å².